The highest BCUT2D eigenvalue weighted by Crippen LogP contribution is 2.43. The van der Waals surface area contributed by atoms with Crippen LogP contribution < -0.4 is 9.64 Å². The van der Waals surface area contributed by atoms with E-state index in [0.717, 1.165) is 5.56 Å². The van der Waals surface area contributed by atoms with Crippen molar-refractivity contribution in [3.8, 4) is 5.75 Å². The van der Waals surface area contributed by atoms with Gasteiger partial charge in [0.15, 0.2) is 0 Å². The number of nitrogens with zero attached hydrogens (tertiary/aromatic N) is 3. The van der Waals surface area contributed by atoms with Crippen molar-refractivity contribution in [1.82, 2.24) is 10.2 Å². The minimum absolute atomic E-state index is 0.00828. The summed E-state index contributed by atoms with van der Waals surface area (Å²) in [7, 11) is 0. The van der Waals surface area contributed by atoms with E-state index in [2.05, 4.69) is 24.0 Å². The molecule has 3 aromatic rings. The lowest BCUT2D eigenvalue weighted by Crippen LogP contribution is -2.29. The first kappa shape index (κ1) is 23.6. The lowest BCUT2D eigenvalue weighted by atomic mass is 9.93. The third-order valence-electron chi connectivity index (χ3n) is 5.58. The molecule has 2 heterocycles. The molecule has 0 unspecified atom stereocenters. The van der Waals surface area contributed by atoms with Crippen molar-refractivity contribution in [2.24, 2.45) is 0 Å². The Bertz CT molecular complexity index is 1240. The Morgan fingerprint density at radius 1 is 1.00 bits per heavy atom. The molecule has 1 aromatic heterocycles. The first-order valence-electron chi connectivity index (χ1n) is 11.2. The van der Waals surface area contributed by atoms with Crippen molar-refractivity contribution in [3.63, 3.8) is 0 Å². The summed E-state index contributed by atoms with van der Waals surface area (Å²) < 4.78 is 5.67. The molecule has 1 N–H and O–H groups in total. The van der Waals surface area contributed by atoms with Crippen LogP contribution in [0.3, 0.4) is 0 Å². The fourth-order valence-electron chi connectivity index (χ4n) is 3.91. The zero-order valence-corrected chi connectivity index (χ0v) is 20.6. The van der Waals surface area contributed by atoms with Crippen molar-refractivity contribution in [1.29, 1.82) is 0 Å². The molecule has 1 saturated heterocycles. The van der Waals surface area contributed by atoms with E-state index in [4.69, 9.17) is 4.74 Å². The van der Waals surface area contributed by atoms with E-state index in [-0.39, 0.29) is 17.4 Å². The molecule has 7 nitrogen and oxygen atoms in total. The zero-order chi connectivity index (χ0) is 24.6. The van der Waals surface area contributed by atoms with Crippen molar-refractivity contribution in [2.75, 3.05) is 4.90 Å². The minimum Gasteiger partial charge on any atom is -0.507 e. The van der Waals surface area contributed by atoms with Crippen LogP contribution in [0.4, 0.5) is 5.13 Å². The van der Waals surface area contributed by atoms with Crippen molar-refractivity contribution in [2.45, 2.75) is 52.7 Å². The van der Waals surface area contributed by atoms with E-state index in [9.17, 15) is 14.7 Å². The number of hydrogen-bond donors (Lipinski definition) is 1. The molecule has 176 valence electrons. The van der Waals surface area contributed by atoms with E-state index in [0.29, 0.717) is 32.9 Å². The Morgan fingerprint density at radius 3 is 2.18 bits per heavy atom. The summed E-state index contributed by atoms with van der Waals surface area (Å²) in [6.07, 6.45) is 0.00828. The Balaban J connectivity index is 1.84. The molecular formula is C26H27N3O4S. The summed E-state index contributed by atoms with van der Waals surface area (Å²) in [6.45, 7) is 9.82. The minimum atomic E-state index is -0.819. The van der Waals surface area contributed by atoms with Gasteiger partial charge in [-0.3, -0.25) is 14.5 Å². The van der Waals surface area contributed by atoms with Gasteiger partial charge in [0, 0.05) is 5.56 Å². The molecule has 0 spiro atoms. The molecule has 34 heavy (non-hydrogen) atoms. The van der Waals surface area contributed by atoms with Crippen molar-refractivity contribution < 1.29 is 19.4 Å². The van der Waals surface area contributed by atoms with E-state index < -0.39 is 17.7 Å². The van der Waals surface area contributed by atoms with Gasteiger partial charge in [0.2, 0.25) is 5.13 Å². The molecule has 0 bridgehead atoms. The molecule has 1 atom stereocenters. The number of aliphatic hydroxyl groups is 1. The number of ketones is 1. The molecule has 0 aliphatic carbocycles. The number of ether oxygens (including phenoxy) is 1. The summed E-state index contributed by atoms with van der Waals surface area (Å²) in [5.41, 5.74) is 2.28. The molecule has 1 fully saturated rings. The van der Waals surface area contributed by atoms with E-state index in [1.54, 1.807) is 31.2 Å². The maximum atomic E-state index is 13.2. The number of rotatable bonds is 6. The van der Waals surface area contributed by atoms with Crippen molar-refractivity contribution >= 4 is 33.9 Å². The standard InChI is InChI=1S/C26H27N3O4S/c1-14(2)17-6-8-18(9-7-17)22-21(23(30)19-10-12-20(13-11-19)33-15(3)4)24(31)25(32)29(22)26-28-27-16(5)34-26/h6-15,22,30H,1-5H3/t22-/m1/s1. The number of aromatic nitrogens is 2. The SMILES string of the molecule is Cc1nnc(N2C(=O)C(=O)C(=C(O)c3ccc(OC(C)C)cc3)[C@H]2c2ccc(C(C)C)cc2)s1. The quantitative estimate of drug-likeness (QED) is 0.291. The van der Waals surface area contributed by atoms with Crippen LogP contribution >= 0.6 is 11.3 Å². The summed E-state index contributed by atoms with van der Waals surface area (Å²) in [6, 6.07) is 13.7. The Hall–Kier alpha value is -3.52. The monoisotopic (exact) mass is 477 g/mol. The van der Waals surface area contributed by atoms with Gasteiger partial charge < -0.3 is 9.84 Å². The van der Waals surface area contributed by atoms with Crippen LogP contribution in [-0.2, 0) is 9.59 Å². The second-order valence-electron chi connectivity index (χ2n) is 8.79. The van der Waals surface area contributed by atoms with E-state index >= 15 is 0 Å². The number of amides is 1. The zero-order valence-electron chi connectivity index (χ0n) is 19.8. The van der Waals surface area contributed by atoms with Gasteiger partial charge in [-0.15, -0.1) is 10.2 Å². The number of benzene rings is 2. The smallest absolute Gasteiger partial charge is 0.301 e. The second kappa shape index (κ2) is 9.38. The molecule has 0 saturated carbocycles. The summed E-state index contributed by atoms with van der Waals surface area (Å²) in [4.78, 5) is 27.7. The first-order chi connectivity index (χ1) is 16.2. The lowest BCUT2D eigenvalue weighted by Gasteiger charge is -2.23. The van der Waals surface area contributed by atoms with Gasteiger partial charge in [-0.05, 0) is 62.1 Å². The van der Waals surface area contributed by atoms with Crippen LogP contribution in [0.1, 0.15) is 61.4 Å². The van der Waals surface area contributed by atoms with Gasteiger partial charge in [0.1, 0.15) is 16.5 Å². The summed E-state index contributed by atoms with van der Waals surface area (Å²) >= 11 is 1.22. The Morgan fingerprint density at radius 2 is 1.65 bits per heavy atom. The average Bonchev–Trinajstić information content (AvgIpc) is 3.34. The molecule has 1 aliphatic rings. The maximum Gasteiger partial charge on any atom is 0.301 e. The third-order valence-corrected chi connectivity index (χ3v) is 6.42. The van der Waals surface area contributed by atoms with Gasteiger partial charge in [-0.1, -0.05) is 49.4 Å². The molecule has 4 rings (SSSR count). The first-order valence-corrected chi connectivity index (χ1v) is 12.0. The Kier molecular flexibility index (Phi) is 6.52. The number of aliphatic hydroxyl groups excluding tert-OH is 1. The summed E-state index contributed by atoms with van der Waals surface area (Å²) in [5.74, 6) is -0.757. The predicted octanol–water partition coefficient (Wildman–Crippen LogP) is 5.38. The highest BCUT2D eigenvalue weighted by molar-refractivity contribution is 7.15. The molecule has 8 heteroatoms. The highest BCUT2D eigenvalue weighted by Gasteiger charge is 2.48. The van der Waals surface area contributed by atoms with Gasteiger partial charge >= 0.3 is 5.91 Å². The molecule has 1 amide bonds. The average molecular weight is 478 g/mol. The molecule has 1 aliphatic heterocycles. The number of carbonyl (C=O) groups excluding carboxylic acids is 2. The largest absolute Gasteiger partial charge is 0.507 e. The van der Waals surface area contributed by atoms with Crippen LogP contribution in [0.2, 0.25) is 0 Å². The molecular weight excluding hydrogens is 450 g/mol. The van der Waals surface area contributed by atoms with Gasteiger partial charge in [0.25, 0.3) is 5.78 Å². The fraction of sp³-hybridized carbons (Fsp3) is 0.308. The predicted molar refractivity (Wildman–Crippen MR) is 132 cm³/mol. The van der Waals surface area contributed by atoms with Crippen LogP contribution in [0.15, 0.2) is 54.1 Å². The third kappa shape index (κ3) is 4.46. The lowest BCUT2D eigenvalue weighted by molar-refractivity contribution is -0.132. The number of carbonyl (C=O) groups is 2. The Labute approximate surface area is 202 Å². The topological polar surface area (TPSA) is 92.6 Å². The summed E-state index contributed by atoms with van der Waals surface area (Å²) in [5, 5.41) is 20.4. The molecule has 2 aromatic carbocycles. The number of hydrogen-bond acceptors (Lipinski definition) is 7. The number of Topliss-reactive ketones (excluding diaryl/α,β-unsaturated/α-hetero) is 1. The fourth-order valence-corrected chi connectivity index (χ4v) is 4.63. The maximum absolute atomic E-state index is 13.2. The van der Waals surface area contributed by atoms with Gasteiger partial charge in [0.05, 0.1) is 17.7 Å². The van der Waals surface area contributed by atoms with Crippen LogP contribution in [-0.4, -0.2) is 33.1 Å². The second-order valence-corrected chi connectivity index (χ2v) is 9.95. The van der Waals surface area contributed by atoms with Gasteiger partial charge in [-0.2, -0.15) is 0 Å². The highest BCUT2D eigenvalue weighted by atomic mass is 32.1. The number of anilines is 1. The van der Waals surface area contributed by atoms with Crippen LogP contribution in [0.5, 0.6) is 5.75 Å². The van der Waals surface area contributed by atoms with Crippen molar-refractivity contribution in [3.05, 3.63) is 75.8 Å². The van der Waals surface area contributed by atoms with Crippen LogP contribution in [0, 0.1) is 6.92 Å². The van der Waals surface area contributed by atoms with E-state index in [1.807, 2.05) is 38.1 Å². The number of aryl methyl sites for hydroxylation is 1. The molecule has 0 radical (unpaired) electrons. The van der Waals surface area contributed by atoms with E-state index in [1.165, 1.54) is 16.2 Å². The van der Waals surface area contributed by atoms with Crippen LogP contribution in [0.25, 0.3) is 5.76 Å². The van der Waals surface area contributed by atoms with Gasteiger partial charge in [-0.25, -0.2) is 0 Å². The normalized spacial score (nSPS) is 17.7.